The molecule has 4 unspecified atom stereocenters. The summed E-state index contributed by atoms with van der Waals surface area (Å²) in [5, 5.41) is 3.30. The monoisotopic (exact) mass is 264 g/mol. The molecule has 4 atom stereocenters. The molecule has 0 aliphatic heterocycles. The van der Waals surface area contributed by atoms with Crippen molar-refractivity contribution in [3.8, 4) is 0 Å². The summed E-state index contributed by atoms with van der Waals surface area (Å²) in [6, 6.07) is 0.548. The lowest BCUT2D eigenvalue weighted by Crippen LogP contribution is -2.48. The van der Waals surface area contributed by atoms with Gasteiger partial charge in [-0.2, -0.15) is 0 Å². The molecule has 3 aliphatic rings. The van der Waals surface area contributed by atoms with Crippen molar-refractivity contribution < 1.29 is 4.79 Å². The molecule has 3 fully saturated rings. The molecule has 3 aliphatic carbocycles. The molecule has 0 spiro atoms. The SMILES string of the molecule is CCC1CCC(NC(=O)C2C3CCC(C3)C2N)CC1. The zero-order valence-corrected chi connectivity index (χ0v) is 12.1. The molecule has 0 heterocycles. The average Bonchev–Trinajstić information content (AvgIpc) is 3.00. The lowest BCUT2D eigenvalue weighted by Gasteiger charge is -2.32. The van der Waals surface area contributed by atoms with Crippen molar-refractivity contribution >= 4 is 5.91 Å². The Bertz CT molecular complexity index is 334. The number of hydrogen-bond donors (Lipinski definition) is 2. The van der Waals surface area contributed by atoms with Crippen LogP contribution in [0.1, 0.15) is 58.3 Å². The van der Waals surface area contributed by atoms with E-state index in [9.17, 15) is 4.79 Å². The fourth-order valence-electron chi connectivity index (χ4n) is 4.74. The Labute approximate surface area is 116 Å². The molecule has 3 heteroatoms. The van der Waals surface area contributed by atoms with E-state index in [1.165, 1.54) is 51.4 Å². The van der Waals surface area contributed by atoms with Crippen molar-refractivity contribution in [3.63, 3.8) is 0 Å². The standard InChI is InChI=1S/C16H28N2O/c1-2-10-3-7-13(8-4-10)18-16(19)14-11-5-6-12(9-11)15(14)17/h10-15H,2-9,17H2,1H3,(H,18,19). The van der Waals surface area contributed by atoms with Crippen molar-refractivity contribution in [2.75, 3.05) is 0 Å². The highest BCUT2D eigenvalue weighted by Gasteiger charge is 2.49. The molecule has 0 aromatic carbocycles. The Kier molecular flexibility index (Phi) is 3.84. The molecule has 1 amide bonds. The van der Waals surface area contributed by atoms with E-state index in [2.05, 4.69) is 12.2 Å². The molecular weight excluding hydrogens is 236 g/mol. The van der Waals surface area contributed by atoms with E-state index in [-0.39, 0.29) is 17.9 Å². The minimum atomic E-state index is 0.114. The van der Waals surface area contributed by atoms with Crippen LogP contribution in [0.25, 0.3) is 0 Å². The molecule has 3 saturated carbocycles. The number of hydrogen-bond acceptors (Lipinski definition) is 2. The highest BCUT2D eigenvalue weighted by atomic mass is 16.2. The molecule has 2 bridgehead atoms. The van der Waals surface area contributed by atoms with E-state index in [1.807, 2.05) is 0 Å². The van der Waals surface area contributed by atoms with Crippen LogP contribution in [0.2, 0.25) is 0 Å². The number of nitrogens with one attached hydrogen (secondary N) is 1. The fraction of sp³-hybridized carbons (Fsp3) is 0.938. The summed E-state index contributed by atoms with van der Waals surface area (Å²) in [5.74, 6) is 2.46. The number of carbonyl (C=O) groups is 1. The Morgan fingerprint density at radius 2 is 1.79 bits per heavy atom. The van der Waals surface area contributed by atoms with Crippen LogP contribution >= 0.6 is 0 Å². The van der Waals surface area contributed by atoms with Gasteiger partial charge in [-0.3, -0.25) is 4.79 Å². The van der Waals surface area contributed by atoms with Gasteiger partial charge in [0.1, 0.15) is 0 Å². The fourth-order valence-corrected chi connectivity index (χ4v) is 4.74. The first kappa shape index (κ1) is 13.4. The molecule has 19 heavy (non-hydrogen) atoms. The van der Waals surface area contributed by atoms with E-state index in [4.69, 9.17) is 5.73 Å². The highest BCUT2D eigenvalue weighted by Crippen LogP contribution is 2.47. The third kappa shape index (κ3) is 2.54. The van der Waals surface area contributed by atoms with Crippen molar-refractivity contribution in [2.45, 2.75) is 70.4 Å². The number of fused-ring (bicyclic) bond motifs is 2. The van der Waals surface area contributed by atoms with Crippen LogP contribution in [0.5, 0.6) is 0 Å². The molecule has 0 aromatic rings. The Morgan fingerprint density at radius 1 is 1.11 bits per heavy atom. The van der Waals surface area contributed by atoms with E-state index in [0.29, 0.717) is 17.9 Å². The van der Waals surface area contributed by atoms with Crippen LogP contribution < -0.4 is 11.1 Å². The number of nitrogens with two attached hydrogens (primary N) is 1. The molecule has 0 saturated heterocycles. The smallest absolute Gasteiger partial charge is 0.225 e. The molecule has 3 nitrogen and oxygen atoms in total. The average molecular weight is 264 g/mol. The summed E-state index contributed by atoms with van der Waals surface area (Å²) in [4.78, 5) is 12.5. The van der Waals surface area contributed by atoms with Crippen molar-refractivity contribution in [2.24, 2.45) is 29.4 Å². The second-order valence-electron chi connectivity index (χ2n) is 7.07. The number of carbonyl (C=O) groups excluding carboxylic acids is 1. The molecule has 0 radical (unpaired) electrons. The normalized spacial score (nSPS) is 45.4. The van der Waals surface area contributed by atoms with Crippen molar-refractivity contribution in [3.05, 3.63) is 0 Å². The van der Waals surface area contributed by atoms with E-state index in [0.717, 1.165) is 5.92 Å². The second-order valence-corrected chi connectivity index (χ2v) is 7.07. The third-order valence-corrected chi connectivity index (χ3v) is 6.05. The summed E-state index contributed by atoms with van der Waals surface area (Å²) in [5.41, 5.74) is 6.25. The van der Waals surface area contributed by atoms with Gasteiger partial charge in [0.15, 0.2) is 0 Å². The van der Waals surface area contributed by atoms with Crippen molar-refractivity contribution in [1.82, 2.24) is 5.32 Å². The topological polar surface area (TPSA) is 55.1 Å². The van der Waals surface area contributed by atoms with Gasteiger partial charge in [0.05, 0.1) is 5.92 Å². The first-order valence-electron chi connectivity index (χ1n) is 8.25. The van der Waals surface area contributed by atoms with Crippen LogP contribution in [0.3, 0.4) is 0 Å². The number of rotatable bonds is 3. The maximum Gasteiger partial charge on any atom is 0.225 e. The molecule has 3 rings (SSSR count). The van der Waals surface area contributed by atoms with E-state index >= 15 is 0 Å². The second kappa shape index (κ2) is 5.43. The van der Waals surface area contributed by atoms with Gasteiger partial charge >= 0.3 is 0 Å². The largest absolute Gasteiger partial charge is 0.353 e. The zero-order chi connectivity index (χ0) is 13.4. The maximum absolute atomic E-state index is 12.5. The van der Waals surface area contributed by atoms with Crippen LogP contribution in [0.4, 0.5) is 0 Å². The molecular formula is C16H28N2O. The van der Waals surface area contributed by atoms with Gasteiger partial charge in [0.25, 0.3) is 0 Å². The predicted molar refractivity (Wildman–Crippen MR) is 76.5 cm³/mol. The van der Waals surface area contributed by atoms with Gasteiger partial charge in [-0.25, -0.2) is 0 Å². The van der Waals surface area contributed by atoms with Gasteiger partial charge < -0.3 is 11.1 Å². The first-order chi connectivity index (χ1) is 9.19. The van der Waals surface area contributed by atoms with Gasteiger partial charge in [-0.1, -0.05) is 13.3 Å². The molecule has 3 N–H and O–H groups in total. The molecule has 0 aromatic heterocycles. The summed E-state index contributed by atoms with van der Waals surface area (Å²) in [6.45, 7) is 2.28. The summed E-state index contributed by atoms with van der Waals surface area (Å²) in [7, 11) is 0. The zero-order valence-electron chi connectivity index (χ0n) is 12.1. The lowest BCUT2D eigenvalue weighted by atomic mass is 9.82. The summed E-state index contributed by atoms with van der Waals surface area (Å²) in [6.07, 6.45) is 9.85. The van der Waals surface area contributed by atoms with Crippen LogP contribution in [0.15, 0.2) is 0 Å². The third-order valence-electron chi connectivity index (χ3n) is 6.05. The highest BCUT2D eigenvalue weighted by molar-refractivity contribution is 5.80. The van der Waals surface area contributed by atoms with Crippen LogP contribution in [-0.4, -0.2) is 18.0 Å². The molecule has 108 valence electrons. The van der Waals surface area contributed by atoms with Gasteiger partial charge in [0, 0.05) is 12.1 Å². The Morgan fingerprint density at radius 3 is 2.37 bits per heavy atom. The Hall–Kier alpha value is -0.570. The number of amides is 1. The predicted octanol–water partition coefficient (Wildman–Crippen LogP) is 2.44. The minimum Gasteiger partial charge on any atom is -0.353 e. The maximum atomic E-state index is 12.5. The van der Waals surface area contributed by atoms with Crippen LogP contribution in [0, 0.1) is 23.7 Å². The minimum absolute atomic E-state index is 0.114. The lowest BCUT2D eigenvalue weighted by molar-refractivity contribution is -0.128. The van der Waals surface area contributed by atoms with Gasteiger partial charge in [-0.05, 0) is 62.7 Å². The van der Waals surface area contributed by atoms with Gasteiger partial charge in [0.2, 0.25) is 5.91 Å². The Balaban J connectivity index is 1.52. The summed E-state index contributed by atoms with van der Waals surface area (Å²) >= 11 is 0. The van der Waals surface area contributed by atoms with E-state index < -0.39 is 0 Å². The quantitative estimate of drug-likeness (QED) is 0.822. The van der Waals surface area contributed by atoms with Crippen molar-refractivity contribution in [1.29, 1.82) is 0 Å². The summed E-state index contributed by atoms with van der Waals surface area (Å²) < 4.78 is 0. The van der Waals surface area contributed by atoms with Gasteiger partial charge in [-0.15, -0.1) is 0 Å². The van der Waals surface area contributed by atoms with Crippen LogP contribution in [-0.2, 0) is 4.79 Å². The first-order valence-corrected chi connectivity index (χ1v) is 8.25. The van der Waals surface area contributed by atoms with E-state index in [1.54, 1.807) is 0 Å².